The van der Waals surface area contributed by atoms with E-state index in [0.717, 1.165) is 12.8 Å². The van der Waals surface area contributed by atoms with E-state index in [4.69, 9.17) is 10.2 Å². The van der Waals surface area contributed by atoms with Crippen molar-refractivity contribution in [2.45, 2.75) is 46.0 Å². The summed E-state index contributed by atoms with van der Waals surface area (Å²) in [5.41, 5.74) is 0. The Morgan fingerprint density at radius 3 is 2.00 bits per heavy atom. The van der Waals surface area contributed by atoms with Crippen LogP contribution in [-0.4, -0.2) is 22.2 Å². The fourth-order valence-electron chi connectivity index (χ4n) is 1.89. The van der Waals surface area contributed by atoms with Gasteiger partial charge in [0.2, 0.25) is 0 Å². The van der Waals surface area contributed by atoms with E-state index in [-0.39, 0.29) is 18.3 Å². The molecule has 0 amide bonds. The molecule has 0 aliphatic rings. The van der Waals surface area contributed by atoms with Gasteiger partial charge in [0.15, 0.2) is 0 Å². The Bertz CT molecular complexity index is 209. The molecule has 0 rings (SSSR count). The van der Waals surface area contributed by atoms with Crippen LogP contribution in [0.3, 0.4) is 0 Å². The van der Waals surface area contributed by atoms with Gasteiger partial charge in [0.1, 0.15) is 0 Å². The Hall–Kier alpha value is -1.06. The van der Waals surface area contributed by atoms with Crippen molar-refractivity contribution in [3.05, 3.63) is 0 Å². The molecule has 15 heavy (non-hydrogen) atoms. The average Bonchev–Trinajstić information content (AvgIpc) is 2.16. The summed E-state index contributed by atoms with van der Waals surface area (Å²) in [4.78, 5) is 21.3. The molecule has 0 aromatic heterocycles. The van der Waals surface area contributed by atoms with Crippen molar-refractivity contribution in [1.82, 2.24) is 0 Å². The van der Waals surface area contributed by atoms with E-state index >= 15 is 0 Å². The summed E-state index contributed by atoms with van der Waals surface area (Å²) < 4.78 is 0. The average molecular weight is 216 g/mol. The van der Waals surface area contributed by atoms with Crippen LogP contribution in [0.25, 0.3) is 0 Å². The van der Waals surface area contributed by atoms with E-state index in [0.29, 0.717) is 12.8 Å². The zero-order chi connectivity index (χ0) is 11.8. The predicted octanol–water partition coefficient (Wildman–Crippen LogP) is 2.38. The molecule has 88 valence electrons. The third-order valence-electron chi connectivity index (χ3n) is 2.84. The first kappa shape index (κ1) is 13.9. The minimum Gasteiger partial charge on any atom is -0.481 e. The van der Waals surface area contributed by atoms with Gasteiger partial charge < -0.3 is 10.2 Å². The van der Waals surface area contributed by atoms with Gasteiger partial charge in [-0.05, 0) is 18.8 Å². The third kappa shape index (κ3) is 5.40. The molecule has 0 bridgehead atoms. The van der Waals surface area contributed by atoms with Gasteiger partial charge >= 0.3 is 11.9 Å². The van der Waals surface area contributed by atoms with Crippen LogP contribution in [0.1, 0.15) is 46.0 Å². The lowest BCUT2D eigenvalue weighted by atomic mass is 9.84. The van der Waals surface area contributed by atoms with Gasteiger partial charge in [-0.3, -0.25) is 9.59 Å². The molecule has 0 heterocycles. The van der Waals surface area contributed by atoms with Gasteiger partial charge in [0, 0.05) is 6.42 Å². The van der Waals surface area contributed by atoms with Gasteiger partial charge in [0.05, 0.1) is 5.92 Å². The Morgan fingerprint density at radius 1 is 1.13 bits per heavy atom. The Labute approximate surface area is 90.3 Å². The Morgan fingerprint density at radius 2 is 1.67 bits per heavy atom. The summed E-state index contributed by atoms with van der Waals surface area (Å²) in [5.74, 6) is -1.88. The molecule has 1 atom stereocenters. The summed E-state index contributed by atoms with van der Waals surface area (Å²) in [6.45, 7) is 3.95. The van der Waals surface area contributed by atoms with Crippen LogP contribution in [0.4, 0.5) is 0 Å². The predicted molar refractivity (Wildman–Crippen MR) is 56.7 cm³/mol. The number of hydrogen-bond donors (Lipinski definition) is 2. The molecule has 1 unspecified atom stereocenters. The Kier molecular flexibility index (Phi) is 6.75. The van der Waals surface area contributed by atoms with E-state index in [1.807, 2.05) is 13.8 Å². The van der Waals surface area contributed by atoms with Crippen LogP contribution in [0.15, 0.2) is 0 Å². The lowest BCUT2D eigenvalue weighted by Gasteiger charge is -2.20. The molecule has 0 aliphatic carbocycles. The molecule has 0 saturated heterocycles. The van der Waals surface area contributed by atoms with Crippen molar-refractivity contribution in [3.63, 3.8) is 0 Å². The lowest BCUT2D eigenvalue weighted by Crippen LogP contribution is -2.23. The summed E-state index contributed by atoms with van der Waals surface area (Å²) >= 11 is 0. The number of aliphatic carboxylic acids is 2. The number of hydrogen-bond acceptors (Lipinski definition) is 2. The molecule has 2 N–H and O–H groups in total. The first-order valence-corrected chi connectivity index (χ1v) is 5.47. The van der Waals surface area contributed by atoms with Crippen LogP contribution in [0, 0.1) is 11.8 Å². The first-order valence-electron chi connectivity index (χ1n) is 5.47. The molecule has 0 fully saturated rings. The standard InChI is InChI=1S/C11H20O4/c1-3-8(4-2)9(11(14)15)6-5-7-10(12)13/h8-9H,3-7H2,1-2H3,(H,12,13)(H,14,15). The second-order valence-corrected chi connectivity index (χ2v) is 3.81. The highest BCUT2D eigenvalue weighted by Gasteiger charge is 2.25. The number of carboxylic acid groups (broad SMARTS) is 2. The molecule has 0 aromatic rings. The number of carboxylic acids is 2. The number of carbonyl (C=O) groups is 2. The van der Waals surface area contributed by atoms with Crippen LogP contribution < -0.4 is 0 Å². The van der Waals surface area contributed by atoms with E-state index in [2.05, 4.69) is 0 Å². The van der Waals surface area contributed by atoms with Gasteiger partial charge in [-0.25, -0.2) is 0 Å². The van der Waals surface area contributed by atoms with Crippen LogP contribution in [-0.2, 0) is 9.59 Å². The van der Waals surface area contributed by atoms with Crippen molar-refractivity contribution < 1.29 is 19.8 Å². The summed E-state index contributed by atoms with van der Waals surface area (Å²) in [6.07, 6.45) is 2.64. The highest BCUT2D eigenvalue weighted by molar-refractivity contribution is 5.70. The quantitative estimate of drug-likeness (QED) is 0.653. The van der Waals surface area contributed by atoms with Gasteiger partial charge in [-0.1, -0.05) is 26.7 Å². The van der Waals surface area contributed by atoms with Crippen LogP contribution in [0.5, 0.6) is 0 Å². The number of rotatable bonds is 8. The largest absolute Gasteiger partial charge is 0.481 e. The van der Waals surface area contributed by atoms with Gasteiger partial charge in [0.25, 0.3) is 0 Å². The van der Waals surface area contributed by atoms with Crippen LogP contribution in [0.2, 0.25) is 0 Å². The molecule has 4 nitrogen and oxygen atoms in total. The molecule has 0 aliphatic heterocycles. The maximum Gasteiger partial charge on any atom is 0.306 e. The molecule has 4 heteroatoms. The molecule has 0 spiro atoms. The SMILES string of the molecule is CCC(CC)C(CCCC(=O)O)C(=O)O. The highest BCUT2D eigenvalue weighted by Crippen LogP contribution is 2.24. The van der Waals surface area contributed by atoms with E-state index in [1.165, 1.54) is 0 Å². The van der Waals surface area contributed by atoms with Crippen molar-refractivity contribution in [1.29, 1.82) is 0 Å². The summed E-state index contributed by atoms with van der Waals surface area (Å²) in [6, 6.07) is 0. The zero-order valence-corrected chi connectivity index (χ0v) is 9.40. The minimum absolute atomic E-state index is 0.0595. The van der Waals surface area contributed by atoms with E-state index in [1.54, 1.807) is 0 Å². The second-order valence-electron chi connectivity index (χ2n) is 3.81. The second kappa shape index (κ2) is 7.26. The molecule has 0 aromatic carbocycles. The molecule has 0 radical (unpaired) electrons. The Balaban J connectivity index is 4.15. The van der Waals surface area contributed by atoms with Crippen molar-refractivity contribution >= 4 is 11.9 Å². The minimum atomic E-state index is -0.858. The fraction of sp³-hybridized carbons (Fsp3) is 0.818. The van der Waals surface area contributed by atoms with Gasteiger partial charge in [-0.2, -0.15) is 0 Å². The summed E-state index contributed by atoms with van der Waals surface area (Å²) in [7, 11) is 0. The normalized spacial score (nSPS) is 12.7. The molecular formula is C11H20O4. The topological polar surface area (TPSA) is 74.6 Å². The van der Waals surface area contributed by atoms with E-state index < -0.39 is 11.9 Å². The maximum absolute atomic E-state index is 11.0. The molecular weight excluding hydrogens is 196 g/mol. The summed E-state index contributed by atoms with van der Waals surface area (Å²) in [5, 5.41) is 17.5. The monoisotopic (exact) mass is 216 g/mol. The fourth-order valence-corrected chi connectivity index (χ4v) is 1.89. The van der Waals surface area contributed by atoms with E-state index in [9.17, 15) is 9.59 Å². The lowest BCUT2D eigenvalue weighted by molar-refractivity contribution is -0.145. The van der Waals surface area contributed by atoms with Crippen LogP contribution >= 0.6 is 0 Å². The molecule has 0 saturated carbocycles. The smallest absolute Gasteiger partial charge is 0.306 e. The third-order valence-corrected chi connectivity index (χ3v) is 2.84. The van der Waals surface area contributed by atoms with Crippen molar-refractivity contribution in [2.24, 2.45) is 11.8 Å². The van der Waals surface area contributed by atoms with Crippen molar-refractivity contribution in [2.75, 3.05) is 0 Å². The first-order chi connectivity index (χ1) is 7.02. The zero-order valence-electron chi connectivity index (χ0n) is 9.40. The maximum atomic E-state index is 11.0. The highest BCUT2D eigenvalue weighted by atomic mass is 16.4. The van der Waals surface area contributed by atoms with Gasteiger partial charge in [-0.15, -0.1) is 0 Å². The van der Waals surface area contributed by atoms with Crippen molar-refractivity contribution in [3.8, 4) is 0 Å².